The van der Waals surface area contributed by atoms with Gasteiger partial charge in [-0.3, -0.25) is 9.69 Å². The molecular formula is C42H44N4O5. The molecule has 0 bridgehead atoms. The molecule has 7 rings (SSSR count). The Labute approximate surface area is 299 Å². The zero-order valence-electron chi connectivity index (χ0n) is 29.4. The Morgan fingerprint density at radius 3 is 2.12 bits per heavy atom. The second-order valence-electron chi connectivity index (χ2n) is 14.1. The molecule has 9 nitrogen and oxygen atoms in total. The van der Waals surface area contributed by atoms with Gasteiger partial charge in [0.2, 0.25) is 11.8 Å². The second kappa shape index (κ2) is 14.7. The molecule has 2 amide bonds. The molecule has 0 atom stereocenters. The Morgan fingerprint density at radius 2 is 1.43 bits per heavy atom. The molecule has 5 aromatic rings. The van der Waals surface area contributed by atoms with Gasteiger partial charge >= 0.3 is 6.09 Å². The zero-order chi connectivity index (χ0) is 35.4. The number of amides is 2. The smallest absolute Gasteiger partial charge is 0.407 e. The number of ether oxygens (including phenoxy) is 3. The number of nitrogens with one attached hydrogen (secondary N) is 1. The van der Waals surface area contributed by atoms with E-state index < -0.39 is 5.60 Å². The van der Waals surface area contributed by atoms with Gasteiger partial charge < -0.3 is 24.4 Å². The van der Waals surface area contributed by atoms with Gasteiger partial charge in [-0.25, -0.2) is 4.79 Å². The lowest BCUT2D eigenvalue weighted by Crippen LogP contribution is -2.36. The van der Waals surface area contributed by atoms with Crippen LogP contribution >= 0.6 is 0 Å². The van der Waals surface area contributed by atoms with Crippen molar-refractivity contribution in [1.82, 2.24) is 10.3 Å². The lowest BCUT2D eigenvalue weighted by Gasteiger charge is -2.34. The molecule has 4 aromatic carbocycles. The summed E-state index contributed by atoms with van der Waals surface area (Å²) >= 11 is 0. The Morgan fingerprint density at radius 1 is 0.784 bits per heavy atom. The normalized spacial score (nSPS) is 14.5. The van der Waals surface area contributed by atoms with Crippen molar-refractivity contribution >= 4 is 39.8 Å². The van der Waals surface area contributed by atoms with Crippen molar-refractivity contribution in [3.8, 4) is 11.8 Å². The Hall–Kier alpha value is -5.57. The monoisotopic (exact) mass is 684 g/mol. The number of rotatable bonds is 11. The van der Waals surface area contributed by atoms with Crippen LogP contribution in [0.3, 0.4) is 0 Å². The molecule has 0 saturated carbocycles. The van der Waals surface area contributed by atoms with E-state index in [9.17, 15) is 9.59 Å². The molecular weight excluding hydrogens is 640 g/mol. The van der Waals surface area contributed by atoms with E-state index in [2.05, 4.69) is 22.3 Å². The molecule has 9 heteroatoms. The summed E-state index contributed by atoms with van der Waals surface area (Å²) < 4.78 is 17.8. The summed E-state index contributed by atoms with van der Waals surface area (Å²) in [6.07, 6.45) is 2.60. The van der Waals surface area contributed by atoms with Crippen molar-refractivity contribution in [2.75, 3.05) is 29.4 Å². The average Bonchev–Trinajstić information content (AvgIpc) is 3.42. The van der Waals surface area contributed by atoms with Crippen molar-refractivity contribution in [3.05, 3.63) is 120 Å². The number of hydrogen-bond donors (Lipinski definition) is 1. The lowest BCUT2D eigenvalue weighted by atomic mass is 9.92. The number of aromatic nitrogens is 1. The van der Waals surface area contributed by atoms with Gasteiger partial charge in [0.25, 0.3) is 5.91 Å². The Balaban J connectivity index is 1.11. The van der Waals surface area contributed by atoms with Crippen LogP contribution in [0.2, 0.25) is 0 Å². The van der Waals surface area contributed by atoms with Gasteiger partial charge in [0.15, 0.2) is 0 Å². The lowest BCUT2D eigenvalue weighted by molar-refractivity contribution is 0.0524. The first-order valence-corrected chi connectivity index (χ1v) is 17.7. The molecule has 51 heavy (non-hydrogen) atoms. The minimum Gasteiger partial charge on any atom is -0.473 e. The van der Waals surface area contributed by atoms with E-state index in [-0.39, 0.29) is 12.0 Å². The molecule has 1 N–H and O–H groups in total. The predicted octanol–water partition coefficient (Wildman–Crippen LogP) is 8.82. The number of anilines is 3. The number of benzene rings is 4. The fourth-order valence-corrected chi connectivity index (χ4v) is 6.87. The summed E-state index contributed by atoms with van der Waals surface area (Å²) in [5, 5.41) is 4.88. The highest BCUT2D eigenvalue weighted by atomic mass is 16.6. The van der Waals surface area contributed by atoms with E-state index in [0.29, 0.717) is 48.7 Å². The topological polar surface area (TPSA) is 93.2 Å². The van der Waals surface area contributed by atoms with Crippen LogP contribution in [0, 0.1) is 5.92 Å². The molecule has 1 saturated heterocycles. The van der Waals surface area contributed by atoms with Crippen LogP contribution in [0.5, 0.6) is 11.8 Å². The molecule has 3 heterocycles. The minimum atomic E-state index is -0.506. The van der Waals surface area contributed by atoms with Crippen LogP contribution in [0.1, 0.15) is 61.5 Å². The summed E-state index contributed by atoms with van der Waals surface area (Å²) in [5.41, 5.74) is 4.67. The molecule has 1 fully saturated rings. The summed E-state index contributed by atoms with van der Waals surface area (Å²) in [6, 6.07) is 33.6. The number of piperidine rings is 1. The van der Waals surface area contributed by atoms with E-state index >= 15 is 0 Å². The SMILES string of the molecule is CC(C)(C)OC(=O)NCCC1CCN(c2ccc3c4c(cccc24)C(=O)N3c2ccc(OCc3ccccc3)nc2OCc2ccccc2)CC1. The first kappa shape index (κ1) is 33.9. The largest absolute Gasteiger partial charge is 0.473 e. The van der Waals surface area contributed by atoms with Crippen LogP contribution in [0.15, 0.2) is 103 Å². The summed E-state index contributed by atoms with van der Waals surface area (Å²) in [7, 11) is 0. The van der Waals surface area contributed by atoms with Crippen LogP contribution in [-0.4, -0.2) is 42.2 Å². The molecule has 1 aromatic heterocycles. The van der Waals surface area contributed by atoms with Gasteiger partial charge in [0.1, 0.15) is 24.5 Å². The highest BCUT2D eigenvalue weighted by molar-refractivity contribution is 6.29. The van der Waals surface area contributed by atoms with Crippen LogP contribution in [0.25, 0.3) is 10.8 Å². The van der Waals surface area contributed by atoms with Crippen molar-refractivity contribution in [3.63, 3.8) is 0 Å². The maximum absolute atomic E-state index is 14.2. The second-order valence-corrected chi connectivity index (χ2v) is 14.1. The van der Waals surface area contributed by atoms with Crippen molar-refractivity contribution in [2.24, 2.45) is 5.92 Å². The quantitative estimate of drug-likeness (QED) is 0.149. The molecule has 0 radical (unpaired) electrons. The molecule has 0 spiro atoms. The summed E-state index contributed by atoms with van der Waals surface area (Å²) in [5.74, 6) is 1.14. The van der Waals surface area contributed by atoms with E-state index in [1.807, 2.05) is 106 Å². The third kappa shape index (κ3) is 7.77. The fourth-order valence-electron chi connectivity index (χ4n) is 6.87. The fraction of sp³-hybridized carbons (Fsp3) is 0.310. The molecule has 0 unspecified atom stereocenters. The average molecular weight is 685 g/mol. The highest BCUT2D eigenvalue weighted by Crippen LogP contribution is 2.47. The van der Waals surface area contributed by atoms with Crippen LogP contribution < -0.4 is 24.6 Å². The number of nitrogens with zero attached hydrogens (tertiary/aromatic N) is 3. The Kier molecular flexibility index (Phi) is 9.79. The molecule has 2 aliphatic heterocycles. The number of carbonyl (C=O) groups is 2. The van der Waals surface area contributed by atoms with Gasteiger partial charge in [-0.15, -0.1) is 0 Å². The van der Waals surface area contributed by atoms with Crippen molar-refractivity contribution in [2.45, 2.75) is 58.8 Å². The maximum Gasteiger partial charge on any atom is 0.407 e. The third-order valence-corrected chi connectivity index (χ3v) is 9.35. The predicted molar refractivity (Wildman–Crippen MR) is 200 cm³/mol. The van der Waals surface area contributed by atoms with E-state index in [1.165, 1.54) is 0 Å². The van der Waals surface area contributed by atoms with E-state index in [4.69, 9.17) is 19.2 Å². The summed E-state index contributed by atoms with van der Waals surface area (Å²) in [4.78, 5) is 35.2. The zero-order valence-corrected chi connectivity index (χ0v) is 29.4. The van der Waals surface area contributed by atoms with Gasteiger partial charge in [0.05, 0.1) is 11.3 Å². The Bertz CT molecular complexity index is 2000. The van der Waals surface area contributed by atoms with E-state index in [0.717, 1.165) is 65.6 Å². The van der Waals surface area contributed by atoms with Gasteiger partial charge in [0, 0.05) is 42.2 Å². The third-order valence-electron chi connectivity index (χ3n) is 9.35. The number of hydrogen-bond acceptors (Lipinski definition) is 7. The van der Waals surface area contributed by atoms with E-state index in [1.54, 1.807) is 11.0 Å². The van der Waals surface area contributed by atoms with Crippen molar-refractivity contribution < 1.29 is 23.8 Å². The van der Waals surface area contributed by atoms with Gasteiger partial charge in [-0.2, -0.15) is 4.98 Å². The number of carbonyl (C=O) groups excluding carboxylic acids is 2. The standard InChI is InChI=1S/C42H44N4O5/c1-42(2,3)51-41(48)43-24-21-29-22-25-45(26-23-29)34-17-18-35-38-32(34)15-10-16-33(38)40(47)46(35)36-19-20-37(49-27-30-11-6-4-7-12-30)44-39(36)50-28-31-13-8-5-9-14-31/h4-20,29H,21-28H2,1-3H3,(H,43,48). The number of alkyl carbamates (subject to hydrolysis) is 1. The minimum absolute atomic E-state index is 0.117. The highest BCUT2D eigenvalue weighted by Gasteiger charge is 2.35. The first-order chi connectivity index (χ1) is 24.7. The van der Waals surface area contributed by atoms with Crippen molar-refractivity contribution in [1.29, 1.82) is 0 Å². The molecule has 262 valence electrons. The first-order valence-electron chi connectivity index (χ1n) is 17.7. The maximum atomic E-state index is 14.2. The van der Waals surface area contributed by atoms with Crippen LogP contribution in [-0.2, 0) is 18.0 Å². The molecule has 0 aliphatic carbocycles. The van der Waals surface area contributed by atoms with Gasteiger partial charge in [-0.05, 0) is 81.3 Å². The molecule has 2 aliphatic rings. The summed E-state index contributed by atoms with van der Waals surface area (Å²) in [6.45, 7) is 8.66. The number of pyridine rings is 1. The van der Waals surface area contributed by atoms with Gasteiger partial charge in [-0.1, -0.05) is 72.8 Å². The van der Waals surface area contributed by atoms with Crippen LogP contribution in [0.4, 0.5) is 21.9 Å².